The summed E-state index contributed by atoms with van der Waals surface area (Å²) >= 11 is 11.6. The van der Waals surface area contributed by atoms with Crippen molar-refractivity contribution in [2.24, 2.45) is 0 Å². The Morgan fingerprint density at radius 2 is 0.594 bits per heavy atom. The predicted molar refractivity (Wildman–Crippen MR) is 280 cm³/mol. The van der Waals surface area contributed by atoms with E-state index in [1.54, 1.807) is 0 Å². The number of hydrogen-bond acceptors (Lipinski definition) is 17. The second-order valence-electron chi connectivity index (χ2n) is 13.4. The monoisotopic (exact) mass is 1590 g/mol. The summed E-state index contributed by atoms with van der Waals surface area (Å²) in [5.41, 5.74) is 13.8. The lowest BCUT2D eigenvalue weighted by molar-refractivity contribution is -0.161. The van der Waals surface area contributed by atoms with Gasteiger partial charge in [0.15, 0.2) is 0 Å². The number of aliphatic hydroxyl groups excluding tert-OH is 9. The zero-order valence-electron chi connectivity index (χ0n) is 34.1. The molecule has 362 valence electrons. The van der Waals surface area contributed by atoms with Crippen LogP contribution in [-0.2, 0) is 9.59 Å². The average molecular weight is 1590 g/mol. The van der Waals surface area contributed by atoms with Gasteiger partial charge in [-0.1, -0.05) is 0 Å². The zero-order chi connectivity index (χ0) is 50.2. The summed E-state index contributed by atoms with van der Waals surface area (Å²) < 4.78 is 2.72. The van der Waals surface area contributed by atoms with Gasteiger partial charge in [0.1, 0.15) is 0 Å². The van der Waals surface area contributed by atoms with Crippen molar-refractivity contribution >= 4 is 182 Å². The number of halogens is 6. The van der Waals surface area contributed by atoms with E-state index in [-0.39, 0.29) is 59.8 Å². The highest BCUT2D eigenvalue weighted by atomic mass is 127. The Balaban J connectivity index is 0.00000106. The number of carboxylic acid groups (broad SMARTS) is 2. The number of aliphatic carboxylic acids is 2. The quantitative estimate of drug-likeness (QED) is 0.0453. The van der Waals surface area contributed by atoms with Crippen LogP contribution in [0.5, 0.6) is 0 Å². The Morgan fingerprint density at radius 1 is 0.422 bits per heavy atom. The summed E-state index contributed by atoms with van der Waals surface area (Å²) in [6, 6.07) is 0. The molecule has 0 heterocycles. The molecular formula is C35H48I6N6O17. The Morgan fingerprint density at radius 3 is 0.719 bits per heavy atom. The first-order valence-electron chi connectivity index (χ1n) is 17.7. The van der Waals surface area contributed by atoms with Crippen molar-refractivity contribution in [1.82, 2.24) is 19.6 Å². The van der Waals surface area contributed by atoms with Gasteiger partial charge in [0.25, 0.3) is 23.6 Å². The highest BCUT2D eigenvalue weighted by molar-refractivity contribution is 14.1. The van der Waals surface area contributed by atoms with Gasteiger partial charge in [0.05, 0.1) is 98.8 Å². The number of nitrogens with two attached hydrogens (primary N) is 2. The van der Waals surface area contributed by atoms with E-state index in [9.17, 15) is 49.2 Å². The first kappa shape index (κ1) is 62.9. The minimum atomic E-state index is -2.30. The van der Waals surface area contributed by atoms with Crippen LogP contribution in [0.4, 0.5) is 11.4 Å². The summed E-state index contributed by atoms with van der Waals surface area (Å²) in [7, 11) is 5.92. The number of rotatable bonds is 18. The minimum absolute atomic E-state index is 0.0841. The molecule has 0 aliphatic carbocycles. The lowest BCUT2D eigenvalue weighted by Crippen LogP contribution is -2.38. The Labute approximate surface area is 448 Å². The van der Waals surface area contributed by atoms with Gasteiger partial charge in [-0.25, -0.2) is 9.59 Å². The van der Waals surface area contributed by atoms with Gasteiger partial charge < -0.3 is 87.2 Å². The number of carboxylic acids is 2. The van der Waals surface area contributed by atoms with Gasteiger partial charge in [-0.15, -0.1) is 0 Å². The molecule has 0 aliphatic rings. The second-order valence-corrected chi connectivity index (χ2v) is 19.9. The Hall–Kier alpha value is -1.12. The molecule has 4 amide bonds. The summed E-state index contributed by atoms with van der Waals surface area (Å²) in [5.74, 6) is -5.30. The van der Waals surface area contributed by atoms with Crippen LogP contribution >= 0.6 is 136 Å². The van der Waals surface area contributed by atoms with Crippen LogP contribution in [0.25, 0.3) is 0 Å². The lowest BCUT2D eigenvalue weighted by atomic mass is 10.1. The van der Waals surface area contributed by atoms with Gasteiger partial charge in [0, 0.05) is 61.5 Å². The molecule has 4 atom stereocenters. The number of likely N-dealkylation sites (N-methyl/N-ethyl adjacent to an activating group) is 4. The third-order valence-corrected chi connectivity index (χ3v) is 14.8. The van der Waals surface area contributed by atoms with Crippen LogP contribution in [0, 0.1) is 21.4 Å². The molecule has 64 heavy (non-hydrogen) atoms. The van der Waals surface area contributed by atoms with E-state index in [1.807, 2.05) is 136 Å². The number of nitrogens with zero attached hydrogens (tertiary/aromatic N) is 4. The average Bonchev–Trinajstić information content (AvgIpc) is 3.24. The van der Waals surface area contributed by atoms with E-state index in [0.717, 1.165) is 0 Å². The molecule has 15 N–H and O–H groups in total. The smallest absolute Gasteiger partial charge is 0.344 e. The highest BCUT2D eigenvalue weighted by Crippen LogP contribution is 2.36. The number of amides is 4. The number of anilines is 2. The van der Waals surface area contributed by atoms with Crippen LogP contribution in [-0.4, -0.2) is 223 Å². The summed E-state index contributed by atoms with van der Waals surface area (Å²) in [6.07, 6.45) is -6.64. The third-order valence-electron chi connectivity index (χ3n) is 8.19. The number of carbonyl (C=O) groups is 6. The molecule has 0 saturated heterocycles. The number of benzene rings is 2. The van der Waals surface area contributed by atoms with E-state index in [4.69, 9.17) is 47.2 Å². The number of aliphatic hydroxyl groups is 9. The van der Waals surface area contributed by atoms with E-state index in [1.165, 1.54) is 47.8 Å². The van der Waals surface area contributed by atoms with Gasteiger partial charge in [-0.2, -0.15) is 0 Å². The molecule has 0 fully saturated rings. The largest absolute Gasteiger partial charge is 0.479 e. The first-order valence-corrected chi connectivity index (χ1v) is 24.2. The van der Waals surface area contributed by atoms with E-state index >= 15 is 0 Å². The highest BCUT2D eigenvalue weighted by Gasteiger charge is 2.32. The molecule has 29 heteroatoms. The van der Waals surface area contributed by atoms with E-state index in [2.05, 4.69) is 0 Å². The molecule has 0 spiro atoms. The summed E-state index contributed by atoms with van der Waals surface area (Å²) in [5, 5.41) is 97.9. The zero-order valence-corrected chi connectivity index (χ0v) is 47.1. The maximum absolute atomic E-state index is 12.9. The number of nitrogen functional groups attached to an aromatic ring is 2. The van der Waals surface area contributed by atoms with Crippen LogP contribution in [0.3, 0.4) is 0 Å². The minimum Gasteiger partial charge on any atom is -0.479 e. The summed E-state index contributed by atoms with van der Waals surface area (Å²) in [4.78, 5) is 75.8. The molecule has 0 aliphatic heterocycles. The second kappa shape index (κ2) is 29.7. The van der Waals surface area contributed by atoms with Crippen molar-refractivity contribution < 1.29 is 84.9 Å². The van der Waals surface area contributed by atoms with Crippen LogP contribution in [0.15, 0.2) is 0 Å². The topological polar surface area (TPSA) is 390 Å². The van der Waals surface area contributed by atoms with Gasteiger partial charge >= 0.3 is 11.9 Å². The molecule has 0 bridgehead atoms. The van der Waals surface area contributed by atoms with Crippen molar-refractivity contribution in [3.63, 3.8) is 0 Å². The van der Waals surface area contributed by atoms with Gasteiger partial charge in [0.2, 0.25) is 6.10 Å². The van der Waals surface area contributed by atoms with Crippen molar-refractivity contribution in [3.8, 4) is 0 Å². The van der Waals surface area contributed by atoms with Crippen LogP contribution in [0.1, 0.15) is 41.4 Å². The fourth-order valence-electron chi connectivity index (χ4n) is 4.81. The molecule has 2 aromatic rings. The molecule has 2 rings (SSSR count). The maximum atomic E-state index is 12.9. The molecule has 2 aromatic carbocycles. The van der Waals surface area contributed by atoms with E-state index < -0.39 is 92.5 Å². The molecule has 4 unspecified atom stereocenters. The molecule has 0 aromatic heterocycles. The van der Waals surface area contributed by atoms with Gasteiger partial charge in [-0.3, -0.25) is 19.2 Å². The van der Waals surface area contributed by atoms with Crippen molar-refractivity contribution in [3.05, 3.63) is 43.7 Å². The first-order chi connectivity index (χ1) is 29.5. The van der Waals surface area contributed by atoms with Crippen molar-refractivity contribution in [1.29, 1.82) is 0 Å². The predicted octanol–water partition coefficient (Wildman–Crippen LogP) is -1.62. The molecule has 0 saturated carbocycles. The SMILES string of the molecule is CN(CC(O)CO)C(=O)c1c(I)c(N)c(I)c(C(=O)N(C)CC(O)CO)c1I.CN(CC(O)CO)C(=O)c1c(I)c(N)c(I)c(C(=O)N(C)CC(O)CO)c1I.O=C(O)C(O)C(=O)O. The van der Waals surface area contributed by atoms with Crippen LogP contribution in [0.2, 0.25) is 0 Å². The van der Waals surface area contributed by atoms with Gasteiger partial charge in [-0.05, 0) is 136 Å². The molecular weight excluding hydrogens is 1540 g/mol. The Kier molecular flexibility index (Phi) is 29.2. The third kappa shape index (κ3) is 17.8. The van der Waals surface area contributed by atoms with E-state index in [0.29, 0.717) is 21.4 Å². The van der Waals surface area contributed by atoms with Crippen LogP contribution < -0.4 is 11.5 Å². The van der Waals surface area contributed by atoms with Crippen molar-refractivity contribution in [2.75, 3.05) is 92.3 Å². The molecule has 0 radical (unpaired) electrons. The summed E-state index contributed by atoms with van der Waals surface area (Å²) in [6.45, 7) is -2.27. The number of hydrogen-bond donors (Lipinski definition) is 13. The normalized spacial score (nSPS) is 12.7. The molecule has 23 nitrogen and oxygen atoms in total. The number of carbonyl (C=O) groups excluding carboxylic acids is 4. The van der Waals surface area contributed by atoms with Crippen molar-refractivity contribution in [2.45, 2.75) is 30.5 Å². The lowest BCUT2D eigenvalue weighted by Gasteiger charge is -2.25. The fourth-order valence-corrected chi connectivity index (χ4v) is 13.0. The standard InChI is InChI=1S/2C16H22I3N3O6.C3H4O5/c2*1-21(3-7(25)5-23)15(27)9-11(17)10(13(19)14(20)12(9)18)16(28)22(2)4-8(26)6-24;4-1(2(5)6)3(7)8/h2*7-8,23-26H,3-6,20H2,1-2H3;1,4H,(H,5,6)(H,7,8). The fraction of sp³-hybridized carbons (Fsp3) is 0.486. The Bertz CT molecular complexity index is 1750. The maximum Gasteiger partial charge on any atom is 0.344 e.